The molecule has 0 aliphatic carbocycles. The van der Waals surface area contributed by atoms with Gasteiger partial charge in [0.05, 0.1) is 17.3 Å². The molecular weight excluding hydrogens is 330 g/mol. The van der Waals surface area contributed by atoms with Gasteiger partial charge in [0.25, 0.3) is 0 Å². The van der Waals surface area contributed by atoms with Crippen molar-refractivity contribution in [3.8, 4) is 0 Å². The Hall–Kier alpha value is -3.07. The van der Waals surface area contributed by atoms with Gasteiger partial charge < -0.3 is 4.90 Å². The number of hydrogen-bond acceptors (Lipinski definition) is 3. The second-order valence-corrected chi connectivity index (χ2v) is 7.27. The lowest BCUT2D eigenvalue weighted by molar-refractivity contribution is 0.608. The minimum absolute atomic E-state index is 0.185. The monoisotopic (exact) mass is 353 g/mol. The average Bonchev–Trinajstić information content (AvgIpc) is 3.25. The molecule has 0 aromatic heterocycles. The van der Waals surface area contributed by atoms with Gasteiger partial charge in [-0.25, -0.2) is 5.01 Å². The van der Waals surface area contributed by atoms with Crippen LogP contribution in [0.2, 0.25) is 0 Å². The molecule has 0 saturated heterocycles. The zero-order chi connectivity index (χ0) is 18.4. The van der Waals surface area contributed by atoms with E-state index in [1.54, 1.807) is 0 Å². The van der Waals surface area contributed by atoms with E-state index in [4.69, 9.17) is 5.10 Å². The molecule has 0 spiro atoms. The van der Waals surface area contributed by atoms with Crippen molar-refractivity contribution in [1.82, 2.24) is 0 Å². The van der Waals surface area contributed by atoms with Crippen molar-refractivity contribution in [3.05, 3.63) is 95.6 Å². The third kappa shape index (κ3) is 2.46. The van der Waals surface area contributed by atoms with E-state index in [0.717, 1.165) is 17.9 Å². The highest BCUT2D eigenvalue weighted by Gasteiger charge is 2.48. The zero-order valence-electron chi connectivity index (χ0n) is 15.7. The normalized spacial score (nSPS) is 20.4. The van der Waals surface area contributed by atoms with Gasteiger partial charge in [-0.2, -0.15) is 5.10 Å². The van der Waals surface area contributed by atoms with E-state index in [1.807, 2.05) is 0 Å². The Kier molecular flexibility index (Phi) is 3.75. The Balaban J connectivity index is 1.69. The molecule has 3 heteroatoms. The lowest BCUT2D eigenvalue weighted by Gasteiger charge is -2.32. The lowest BCUT2D eigenvalue weighted by Crippen LogP contribution is -2.43. The minimum Gasteiger partial charge on any atom is -0.349 e. The maximum atomic E-state index is 5.15. The largest absolute Gasteiger partial charge is 0.349 e. The number of benzene rings is 3. The molecule has 27 heavy (non-hydrogen) atoms. The van der Waals surface area contributed by atoms with Crippen molar-refractivity contribution in [3.63, 3.8) is 0 Å². The maximum Gasteiger partial charge on any atom is 0.136 e. The number of anilines is 2. The highest BCUT2D eigenvalue weighted by Crippen LogP contribution is 2.48. The fourth-order valence-corrected chi connectivity index (χ4v) is 4.41. The Morgan fingerprint density at radius 3 is 2.30 bits per heavy atom. The summed E-state index contributed by atoms with van der Waals surface area (Å²) in [5, 5.41) is 7.37. The van der Waals surface area contributed by atoms with Crippen LogP contribution in [0.1, 0.15) is 29.5 Å². The summed E-state index contributed by atoms with van der Waals surface area (Å²) in [5.41, 5.74) is 7.48. The first-order valence-electron chi connectivity index (χ1n) is 9.63. The molecule has 0 radical (unpaired) electrons. The Morgan fingerprint density at radius 2 is 1.56 bits per heavy atom. The quantitative estimate of drug-likeness (QED) is 0.647. The number of nitrogens with zero attached hydrogens (tertiary/aromatic N) is 3. The first-order chi connectivity index (χ1) is 13.3. The van der Waals surface area contributed by atoms with E-state index in [-0.39, 0.29) is 12.1 Å². The average molecular weight is 353 g/mol. The van der Waals surface area contributed by atoms with Crippen molar-refractivity contribution < 1.29 is 0 Å². The number of aryl methyl sites for hydroxylation is 1. The standard InChI is InChI=1S/C24H23N3/c1-3-26-21-12-8-7-11-20(21)22-23(18-9-5-4-6-10-18)25-27(24(22)26)19-15-13-17(2)14-16-19/h4-16,22,24H,3H2,1-2H3/t22-,24+/m1/s1. The molecule has 134 valence electrons. The van der Waals surface area contributed by atoms with E-state index in [1.165, 1.54) is 22.4 Å². The van der Waals surface area contributed by atoms with E-state index in [2.05, 4.69) is 103 Å². The third-order valence-electron chi connectivity index (χ3n) is 5.67. The number of likely N-dealkylation sites (N-methyl/N-ethyl adjacent to an activating group) is 1. The van der Waals surface area contributed by atoms with Gasteiger partial charge in [0, 0.05) is 12.2 Å². The predicted molar refractivity (Wildman–Crippen MR) is 113 cm³/mol. The number of hydrogen-bond donors (Lipinski definition) is 0. The van der Waals surface area contributed by atoms with Gasteiger partial charge in [-0.15, -0.1) is 0 Å². The van der Waals surface area contributed by atoms with Crippen LogP contribution in [0.4, 0.5) is 11.4 Å². The molecule has 3 aromatic rings. The van der Waals surface area contributed by atoms with Gasteiger partial charge in [-0.05, 0) is 43.2 Å². The van der Waals surface area contributed by atoms with Gasteiger partial charge in [0.2, 0.25) is 0 Å². The smallest absolute Gasteiger partial charge is 0.136 e. The van der Waals surface area contributed by atoms with Gasteiger partial charge >= 0.3 is 0 Å². The van der Waals surface area contributed by atoms with E-state index in [9.17, 15) is 0 Å². The van der Waals surface area contributed by atoms with Crippen molar-refractivity contribution in [1.29, 1.82) is 0 Å². The van der Waals surface area contributed by atoms with Crippen LogP contribution in [0.15, 0.2) is 84.0 Å². The minimum atomic E-state index is 0.185. The topological polar surface area (TPSA) is 18.8 Å². The highest BCUT2D eigenvalue weighted by atomic mass is 15.6. The van der Waals surface area contributed by atoms with Crippen LogP contribution >= 0.6 is 0 Å². The highest BCUT2D eigenvalue weighted by molar-refractivity contribution is 6.10. The molecule has 0 saturated carbocycles. The summed E-state index contributed by atoms with van der Waals surface area (Å²) in [6, 6.07) is 28.1. The number of hydrazone groups is 1. The summed E-state index contributed by atoms with van der Waals surface area (Å²) < 4.78 is 0. The first kappa shape index (κ1) is 16.1. The molecule has 2 heterocycles. The van der Waals surface area contributed by atoms with Crippen molar-refractivity contribution >= 4 is 17.1 Å². The van der Waals surface area contributed by atoms with Crippen LogP contribution in [-0.4, -0.2) is 18.4 Å². The Labute approximate surface area is 160 Å². The van der Waals surface area contributed by atoms with Crippen molar-refractivity contribution in [2.24, 2.45) is 5.10 Å². The van der Waals surface area contributed by atoms with Gasteiger partial charge in [0.15, 0.2) is 0 Å². The zero-order valence-corrected chi connectivity index (χ0v) is 15.7. The van der Waals surface area contributed by atoms with Gasteiger partial charge in [0.1, 0.15) is 6.17 Å². The molecule has 2 aliphatic rings. The van der Waals surface area contributed by atoms with Gasteiger partial charge in [-0.3, -0.25) is 0 Å². The second-order valence-electron chi connectivity index (χ2n) is 7.27. The first-order valence-corrected chi connectivity index (χ1v) is 9.63. The third-order valence-corrected chi connectivity index (χ3v) is 5.67. The van der Waals surface area contributed by atoms with Crippen LogP contribution in [0.3, 0.4) is 0 Å². The van der Waals surface area contributed by atoms with Crippen LogP contribution in [0, 0.1) is 6.92 Å². The molecular formula is C24H23N3. The van der Waals surface area contributed by atoms with E-state index < -0.39 is 0 Å². The fraction of sp³-hybridized carbons (Fsp3) is 0.208. The lowest BCUT2D eigenvalue weighted by atomic mass is 9.90. The molecule has 0 unspecified atom stereocenters. The summed E-state index contributed by atoms with van der Waals surface area (Å²) >= 11 is 0. The van der Waals surface area contributed by atoms with Crippen molar-refractivity contribution in [2.75, 3.05) is 16.5 Å². The second kappa shape index (κ2) is 6.27. The molecule has 0 fully saturated rings. The summed E-state index contributed by atoms with van der Waals surface area (Å²) in [6.07, 6.45) is 0.185. The van der Waals surface area contributed by atoms with E-state index in [0.29, 0.717) is 0 Å². The molecule has 2 atom stereocenters. The van der Waals surface area contributed by atoms with Crippen LogP contribution in [0.5, 0.6) is 0 Å². The predicted octanol–water partition coefficient (Wildman–Crippen LogP) is 5.17. The number of para-hydroxylation sites is 1. The molecule has 5 rings (SSSR count). The Bertz CT molecular complexity index is 992. The summed E-state index contributed by atoms with van der Waals surface area (Å²) in [7, 11) is 0. The number of rotatable bonds is 3. The van der Waals surface area contributed by atoms with Crippen LogP contribution in [-0.2, 0) is 0 Å². The SMILES string of the molecule is CCN1c2ccccc2[C@@H]2C(c3ccccc3)=NN(c3ccc(C)cc3)[C@@H]21. The molecule has 3 nitrogen and oxygen atoms in total. The molecule has 3 aromatic carbocycles. The van der Waals surface area contributed by atoms with Crippen LogP contribution < -0.4 is 9.91 Å². The summed E-state index contributed by atoms with van der Waals surface area (Å²) in [6.45, 7) is 5.31. The maximum absolute atomic E-state index is 5.15. The molecule has 2 aliphatic heterocycles. The number of fused-ring (bicyclic) bond motifs is 3. The summed E-state index contributed by atoms with van der Waals surface area (Å²) in [5.74, 6) is 0.254. The molecule has 0 bridgehead atoms. The van der Waals surface area contributed by atoms with Crippen molar-refractivity contribution in [2.45, 2.75) is 25.9 Å². The molecule has 0 amide bonds. The fourth-order valence-electron chi connectivity index (χ4n) is 4.41. The summed E-state index contributed by atoms with van der Waals surface area (Å²) in [4.78, 5) is 2.49. The van der Waals surface area contributed by atoms with E-state index >= 15 is 0 Å². The Morgan fingerprint density at radius 1 is 0.852 bits per heavy atom. The van der Waals surface area contributed by atoms with Gasteiger partial charge in [-0.1, -0.05) is 66.2 Å². The molecule has 0 N–H and O–H groups in total. The van der Waals surface area contributed by atoms with Crippen LogP contribution in [0.25, 0.3) is 0 Å².